The summed E-state index contributed by atoms with van der Waals surface area (Å²) in [7, 11) is -3.14. The number of para-hydroxylation sites is 2. The Morgan fingerprint density at radius 3 is 2.66 bits per heavy atom. The lowest BCUT2D eigenvalue weighted by Crippen LogP contribution is -2.37. The number of ether oxygens (including phenoxy) is 1. The summed E-state index contributed by atoms with van der Waals surface area (Å²) in [6.45, 7) is 1.79. The van der Waals surface area contributed by atoms with Crippen molar-refractivity contribution in [1.82, 2.24) is 15.3 Å². The molecule has 3 atom stereocenters. The van der Waals surface area contributed by atoms with E-state index in [1.165, 1.54) is 6.92 Å². The smallest absolute Gasteiger partial charge is 0.316 e. The van der Waals surface area contributed by atoms with Gasteiger partial charge in [-0.2, -0.15) is 0 Å². The fourth-order valence-electron chi connectivity index (χ4n) is 3.34. The van der Waals surface area contributed by atoms with Crippen LogP contribution in [0.2, 0.25) is 0 Å². The number of pyridine rings is 1. The van der Waals surface area contributed by atoms with Crippen LogP contribution in [-0.4, -0.2) is 45.5 Å². The molecule has 0 saturated carbocycles. The molecule has 0 aliphatic carbocycles. The van der Waals surface area contributed by atoms with Crippen LogP contribution in [0.1, 0.15) is 6.92 Å². The Kier molecular flexibility index (Phi) is 5.80. The number of aromatic amines is 1. The third-order valence-corrected chi connectivity index (χ3v) is 5.25. The summed E-state index contributed by atoms with van der Waals surface area (Å²) in [4.78, 5) is 17.1. The van der Waals surface area contributed by atoms with Gasteiger partial charge >= 0.3 is 8.25 Å². The molecule has 0 radical (unpaired) electrons. The summed E-state index contributed by atoms with van der Waals surface area (Å²) in [5.74, 6) is 0.666. The Bertz CT molecular complexity index is 1180. The van der Waals surface area contributed by atoms with Gasteiger partial charge in [-0.05, 0) is 25.1 Å². The van der Waals surface area contributed by atoms with Crippen molar-refractivity contribution in [3.8, 4) is 5.75 Å². The zero-order chi connectivity index (χ0) is 20.4. The second kappa shape index (κ2) is 8.49. The molecule has 0 fully saturated rings. The molecule has 0 aliphatic rings. The van der Waals surface area contributed by atoms with Gasteiger partial charge in [-0.3, -0.25) is 9.88 Å². The number of nitrogens with zero attached hydrogens (tertiary/aromatic N) is 1. The topological polar surface area (TPSA) is 117 Å². The van der Waals surface area contributed by atoms with Crippen LogP contribution >= 0.6 is 8.25 Å². The van der Waals surface area contributed by atoms with Crippen LogP contribution in [0.25, 0.3) is 32.8 Å². The van der Waals surface area contributed by atoms with E-state index < -0.39 is 20.5 Å². The quantitative estimate of drug-likeness (QED) is 0.199. The third kappa shape index (κ3) is 4.12. The molecular formula is C20H22N3O5P. The van der Waals surface area contributed by atoms with Gasteiger partial charge in [-0.25, -0.2) is 4.98 Å². The number of fused-ring (bicyclic) bond motifs is 4. The molecule has 4 N–H and O–H groups in total. The monoisotopic (exact) mass is 415 g/mol. The van der Waals surface area contributed by atoms with E-state index in [9.17, 15) is 9.67 Å². The van der Waals surface area contributed by atoms with Gasteiger partial charge in [-0.1, -0.05) is 30.3 Å². The van der Waals surface area contributed by atoms with E-state index in [2.05, 4.69) is 10.3 Å². The Morgan fingerprint density at radius 2 is 1.90 bits per heavy atom. The number of aromatic nitrogens is 2. The molecule has 8 nitrogen and oxygen atoms in total. The standard InChI is InChI=1S/C20H22N3O5P/c1-12(24)17(28-29(25)26)10-21-11-27-20-14-7-3-5-9-16(14)22-18-13-6-2-4-8-15(13)23-19(18)20/h2-9,12,17,21,23-24,29H,10-11H2,1H3,(H,25,26). The van der Waals surface area contributed by atoms with E-state index in [1.807, 2.05) is 48.5 Å². The molecule has 0 aliphatic heterocycles. The summed E-state index contributed by atoms with van der Waals surface area (Å²) in [5.41, 5.74) is 3.43. The normalized spacial score (nSPS) is 15.0. The number of H-pyrrole nitrogens is 1. The van der Waals surface area contributed by atoms with E-state index in [-0.39, 0.29) is 13.3 Å². The number of aliphatic hydroxyl groups excluding tert-OH is 1. The molecule has 2 aromatic carbocycles. The Morgan fingerprint density at radius 1 is 1.17 bits per heavy atom. The first-order valence-electron chi connectivity index (χ1n) is 9.25. The number of nitrogens with one attached hydrogen (secondary N) is 2. The first-order chi connectivity index (χ1) is 14.0. The number of aliphatic hydroxyl groups is 1. The van der Waals surface area contributed by atoms with Crippen molar-refractivity contribution in [2.75, 3.05) is 13.3 Å². The minimum Gasteiger partial charge on any atom is -0.475 e. The largest absolute Gasteiger partial charge is 0.475 e. The van der Waals surface area contributed by atoms with E-state index in [1.54, 1.807) is 0 Å². The van der Waals surface area contributed by atoms with Gasteiger partial charge < -0.3 is 24.2 Å². The van der Waals surface area contributed by atoms with Crippen molar-refractivity contribution in [1.29, 1.82) is 0 Å². The van der Waals surface area contributed by atoms with Crippen LogP contribution in [0.15, 0.2) is 48.5 Å². The second-order valence-corrected chi connectivity index (χ2v) is 7.53. The molecule has 29 heavy (non-hydrogen) atoms. The molecule has 0 bridgehead atoms. The third-order valence-electron chi connectivity index (χ3n) is 4.74. The molecule has 2 heterocycles. The van der Waals surface area contributed by atoms with E-state index >= 15 is 0 Å². The summed E-state index contributed by atoms with van der Waals surface area (Å²) < 4.78 is 21.8. The maximum Gasteiger partial charge on any atom is 0.316 e. The summed E-state index contributed by atoms with van der Waals surface area (Å²) in [6.07, 6.45) is -1.71. The molecule has 0 saturated heterocycles. The fraction of sp³-hybridized carbons (Fsp3) is 0.250. The zero-order valence-corrected chi connectivity index (χ0v) is 16.8. The van der Waals surface area contributed by atoms with Gasteiger partial charge in [0.1, 0.15) is 23.9 Å². The number of hydrogen-bond acceptors (Lipinski definition) is 6. The number of benzene rings is 2. The van der Waals surface area contributed by atoms with Gasteiger partial charge in [0.2, 0.25) is 0 Å². The van der Waals surface area contributed by atoms with Crippen LogP contribution in [0, 0.1) is 0 Å². The number of rotatable bonds is 8. The lowest BCUT2D eigenvalue weighted by atomic mass is 10.1. The number of hydrogen-bond donors (Lipinski definition) is 4. The van der Waals surface area contributed by atoms with Gasteiger partial charge in [0.05, 0.1) is 11.6 Å². The van der Waals surface area contributed by atoms with Crippen molar-refractivity contribution in [3.63, 3.8) is 0 Å². The molecule has 0 amide bonds. The fourth-order valence-corrected chi connectivity index (χ4v) is 3.88. The molecule has 4 aromatic rings. The lowest BCUT2D eigenvalue weighted by molar-refractivity contribution is 0.0435. The van der Waals surface area contributed by atoms with E-state index in [0.29, 0.717) is 5.75 Å². The first-order valence-corrected chi connectivity index (χ1v) is 10.5. The minimum absolute atomic E-state index is 0.122. The van der Waals surface area contributed by atoms with E-state index in [0.717, 1.165) is 32.8 Å². The molecule has 0 spiro atoms. The van der Waals surface area contributed by atoms with Crippen molar-refractivity contribution >= 4 is 41.1 Å². The summed E-state index contributed by atoms with van der Waals surface area (Å²) in [6, 6.07) is 15.7. The van der Waals surface area contributed by atoms with Gasteiger partial charge in [0, 0.05) is 22.8 Å². The highest BCUT2D eigenvalue weighted by Gasteiger charge is 2.18. The first kappa shape index (κ1) is 19.8. The van der Waals surface area contributed by atoms with Gasteiger partial charge in [0.25, 0.3) is 0 Å². The molecule has 9 heteroatoms. The summed E-state index contributed by atoms with van der Waals surface area (Å²) >= 11 is 0. The lowest BCUT2D eigenvalue weighted by Gasteiger charge is -2.19. The predicted octanol–water partition coefficient (Wildman–Crippen LogP) is 2.94. The van der Waals surface area contributed by atoms with Crippen LogP contribution in [0.5, 0.6) is 5.75 Å². The average molecular weight is 415 g/mol. The highest BCUT2D eigenvalue weighted by molar-refractivity contribution is 7.32. The Hall–Kier alpha value is -2.48. The SMILES string of the molecule is CC(O)C(CNCOc1c2ccccc2nc2c1[nH]c1ccccc12)O[PH](=O)O. The molecular weight excluding hydrogens is 393 g/mol. The van der Waals surface area contributed by atoms with Gasteiger partial charge in [0.15, 0.2) is 5.75 Å². The summed E-state index contributed by atoms with van der Waals surface area (Å²) in [5, 5.41) is 14.6. The minimum atomic E-state index is -3.14. The molecule has 3 unspecified atom stereocenters. The maximum absolute atomic E-state index is 10.9. The molecule has 2 aromatic heterocycles. The maximum atomic E-state index is 10.9. The zero-order valence-electron chi connectivity index (χ0n) is 15.8. The van der Waals surface area contributed by atoms with E-state index in [4.69, 9.17) is 19.1 Å². The van der Waals surface area contributed by atoms with Crippen molar-refractivity contribution < 1.29 is 23.8 Å². The average Bonchev–Trinajstić information content (AvgIpc) is 3.07. The van der Waals surface area contributed by atoms with Crippen LogP contribution in [-0.2, 0) is 9.09 Å². The Balaban J connectivity index is 1.62. The van der Waals surface area contributed by atoms with Gasteiger partial charge in [-0.15, -0.1) is 0 Å². The molecule has 152 valence electrons. The van der Waals surface area contributed by atoms with Crippen LogP contribution < -0.4 is 10.1 Å². The van der Waals surface area contributed by atoms with Crippen LogP contribution in [0.3, 0.4) is 0 Å². The highest BCUT2D eigenvalue weighted by atomic mass is 31.1. The van der Waals surface area contributed by atoms with Crippen LogP contribution in [0.4, 0.5) is 0 Å². The van der Waals surface area contributed by atoms with Crippen molar-refractivity contribution in [3.05, 3.63) is 48.5 Å². The highest BCUT2D eigenvalue weighted by Crippen LogP contribution is 2.36. The van der Waals surface area contributed by atoms with Crippen molar-refractivity contribution in [2.24, 2.45) is 0 Å². The molecule has 4 rings (SSSR count). The predicted molar refractivity (Wildman–Crippen MR) is 112 cm³/mol. The second-order valence-electron chi connectivity index (χ2n) is 6.76. The Labute approximate surface area is 167 Å². The van der Waals surface area contributed by atoms with Crippen molar-refractivity contribution in [2.45, 2.75) is 19.1 Å².